The summed E-state index contributed by atoms with van der Waals surface area (Å²) in [5.74, 6) is -0.405. The molecule has 0 spiro atoms. The van der Waals surface area contributed by atoms with Gasteiger partial charge in [-0.2, -0.15) is 4.73 Å². The number of pyridine rings is 1. The van der Waals surface area contributed by atoms with E-state index >= 15 is 0 Å². The first-order valence-corrected chi connectivity index (χ1v) is 4.33. The topological polar surface area (TPSA) is 82.1 Å². The predicted octanol–water partition coefficient (Wildman–Crippen LogP) is -0.603. The second-order valence-electron chi connectivity index (χ2n) is 3.10. The number of hydrogen-bond donors (Lipinski definition) is 2. The molecule has 76 valence electrons. The third-order valence-electron chi connectivity index (χ3n) is 1.64. The maximum atomic E-state index is 11.4. The van der Waals surface area contributed by atoms with Gasteiger partial charge in [-0.3, -0.25) is 4.79 Å². The van der Waals surface area contributed by atoms with Crippen molar-refractivity contribution in [1.29, 1.82) is 0 Å². The summed E-state index contributed by atoms with van der Waals surface area (Å²) >= 11 is 0. The van der Waals surface area contributed by atoms with E-state index in [0.717, 1.165) is 0 Å². The molecule has 0 bridgehead atoms. The van der Waals surface area contributed by atoms with E-state index in [1.807, 2.05) is 0 Å². The first-order valence-electron chi connectivity index (χ1n) is 4.33. The quantitative estimate of drug-likeness (QED) is 0.499. The monoisotopic (exact) mass is 195 g/mol. The first kappa shape index (κ1) is 10.5. The molecule has 0 aromatic carbocycles. The minimum absolute atomic E-state index is 0.0770. The van der Waals surface area contributed by atoms with Crippen LogP contribution in [0, 0.1) is 5.21 Å². The van der Waals surface area contributed by atoms with Crippen molar-refractivity contribution < 1.29 is 9.52 Å². The number of nitrogens with one attached hydrogen (secondary N) is 1. The van der Waals surface area contributed by atoms with Crippen molar-refractivity contribution in [3.05, 3.63) is 35.3 Å². The average molecular weight is 195 g/mol. The molecule has 1 amide bonds. The van der Waals surface area contributed by atoms with Gasteiger partial charge < -0.3 is 16.3 Å². The summed E-state index contributed by atoms with van der Waals surface area (Å²) in [5.41, 5.74) is 5.53. The van der Waals surface area contributed by atoms with Crippen molar-refractivity contribution in [2.45, 2.75) is 13.0 Å². The lowest BCUT2D eigenvalue weighted by Crippen LogP contribution is -2.42. The van der Waals surface area contributed by atoms with E-state index in [2.05, 4.69) is 5.32 Å². The van der Waals surface area contributed by atoms with Crippen molar-refractivity contribution in [3.63, 3.8) is 0 Å². The van der Waals surface area contributed by atoms with Gasteiger partial charge >= 0.3 is 5.91 Å². The van der Waals surface area contributed by atoms with Gasteiger partial charge in [0.2, 0.25) is 0 Å². The summed E-state index contributed by atoms with van der Waals surface area (Å²) in [4.78, 5) is 11.4. The Labute approximate surface area is 82.1 Å². The van der Waals surface area contributed by atoms with Crippen LogP contribution < -0.4 is 15.8 Å². The van der Waals surface area contributed by atoms with E-state index in [1.54, 1.807) is 19.1 Å². The van der Waals surface area contributed by atoms with Crippen molar-refractivity contribution in [1.82, 2.24) is 5.32 Å². The van der Waals surface area contributed by atoms with Crippen LogP contribution in [0.25, 0.3) is 0 Å². The Bertz CT molecular complexity index is 326. The molecule has 1 unspecified atom stereocenters. The number of nitrogens with zero attached hydrogens (tertiary/aromatic N) is 1. The average Bonchev–Trinajstić information content (AvgIpc) is 2.15. The number of carbonyl (C=O) groups excluding carboxylic acids is 1. The van der Waals surface area contributed by atoms with E-state index < -0.39 is 5.91 Å². The van der Waals surface area contributed by atoms with E-state index in [4.69, 9.17) is 5.73 Å². The van der Waals surface area contributed by atoms with Crippen LogP contribution in [0.5, 0.6) is 0 Å². The normalized spacial score (nSPS) is 12.1. The molecule has 1 heterocycles. The van der Waals surface area contributed by atoms with Crippen molar-refractivity contribution >= 4 is 5.91 Å². The number of carbonyl (C=O) groups is 1. The Morgan fingerprint density at radius 1 is 1.71 bits per heavy atom. The molecule has 1 rings (SSSR count). The van der Waals surface area contributed by atoms with Gasteiger partial charge in [0.15, 0.2) is 6.20 Å². The summed E-state index contributed by atoms with van der Waals surface area (Å²) in [5, 5.41) is 13.7. The van der Waals surface area contributed by atoms with Crippen LogP contribution in [0.15, 0.2) is 24.4 Å². The predicted molar refractivity (Wildman–Crippen MR) is 51.4 cm³/mol. The van der Waals surface area contributed by atoms with Crippen LogP contribution in [-0.4, -0.2) is 18.5 Å². The Kier molecular flexibility index (Phi) is 3.41. The molecule has 14 heavy (non-hydrogen) atoms. The number of nitrogens with two attached hydrogens (primary N) is 1. The molecule has 3 N–H and O–H groups in total. The second-order valence-corrected chi connectivity index (χ2v) is 3.10. The third-order valence-corrected chi connectivity index (χ3v) is 1.64. The zero-order valence-electron chi connectivity index (χ0n) is 7.93. The van der Waals surface area contributed by atoms with Gasteiger partial charge in [-0.05, 0) is 13.0 Å². The van der Waals surface area contributed by atoms with E-state index in [9.17, 15) is 10.0 Å². The number of amides is 1. The fraction of sp³-hybridized carbons (Fsp3) is 0.333. The lowest BCUT2D eigenvalue weighted by molar-refractivity contribution is -0.607. The maximum absolute atomic E-state index is 11.4. The highest BCUT2D eigenvalue weighted by Gasteiger charge is 2.14. The van der Waals surface area contributed by atoms with Gasteiger partial charge in [-0.1, -0.05) is 0 Å². The summed E-state index contributed by atoms with van der Waals surface area (Å²) in [7, 11) is 0. The standard InChI is InChI=1S/C9H13N3O2/c1-7(10)6-11-9(13)8-4-2-3-5-12(8)14/h2-5,7H,6,10H2,1H3,(H,11,13). The van der Waals surface area contributed by atoms with Gasteiger partial charge in [0, 0.05) is 24.7 Å². The fourth-order valence-corrected chi connectivity index (χ4v) is 0.948. The molecular weight excluding hydrogens is 182 g/mol. The third kappa shape index (κ3) is 2.70. The zero-order chi connectivity index (χ0) is 10.6. The number of hydrogen-bond acceptors (Lipinski definition) is 3. The van der Waals surface area contributed by atoms with Gasteiger partial charge in [0.1, 0.15) is 0 Å². The summed E-state index contributed by atoms with van der Waals surface area (Å²) in [6, 6.07) is 4.54. The highest BCUT2D eigenvalue weighted by atomic mass is 16.5. The van der Waals surface area contributed by atoms with E-state index in [0.29, 0.717) is 11.3 Å². The van der Waals surface area contributed by atoms with Gasteiger partial charge in [0.05, 0.1) is 0 Å². The summed E-state index contributed by atoms with van der Waals surface area (Å²) in [6.45, 7) is 2.13. The van der Waals surface area contributed by atoms with Gasteiger partial charge in [-0.15, -0.1) is 0 Å². The molecule has 0 fully saturated rings. The molecular formula is C9H13N3O2. The molecule has 0 aliphatic heterocycles. The van der Waals surface area contributed by atoms with Crippen LogP contribution in [0.4, 0.5) is 0 Å². The highest BCUT2D eigenvalue weighted by Crippen LogP contribution is 1.90. The van der Waals surface area contributed by atoms with Crippen LogP contribution in [-0.2, 0) is 0 Å². The van der Waals surface area contributed by atoms with Crippen molar-refractivity contribution in [2.75, 3.05) is 6.54 Å². The number of aromatic nitrogens is 1. The highest BCUT2D eigenvalue weighted by molar-refractivity contribution is 5.90. The van der Waals surface area contributed by atoms with Crippen LogP contribution in [0.2, 0.25) is 0 Å². The molecule has 0 radical (unpaired) electrons. The largest absolute Gasteiger partial charge is 0.618 e. The molecule has 0 saturated carbocycles. The molecule has 1 aromatic rings. The molecule has 1 aromatic heterocycles. The zero-order valence-corrected chi connectivity index (χ0v) is 7.93. The first-order chi connectivity index (χ1) is 6.61. The van der Waals surface area contributed by atoms with Gasteiger partial charge in [-0.25, -0.2) is 0 Å². The second kappa shape index (κ2) is 4.57. The molecule has 5 nitrogen and oxygen atoms in total. The lowest BCUT2D eigenvalue weighted by atomic mass is 10.3. The molecule has 0 aliphatic carbocycles. The Morgan fingerprint density at radius 2 is 2.43 bits per heavy atom. The lowest BCUT2D eigenvalue weighted by Gasteiger charge is -2.07. The molecule has 1 atom stereocenters. The summed E-state index contributed by atoms with van der Waals surface area (Å²) < 4.78 is 0.524. The molecule has 5 heteroatoms. The Balaban J connectivity index is 2.65. The van der Waals surface area contributed by atoms with Crippen molar-refractivity contribution in [3.8, 4) is 0 Å². The van der Waals surface area contributed by atoms with E-state index in [-0.39, 0.29) is 11.7 Å². The molecule has 0 aliphatic rings. The fourth-order valence-electron chi connectivity index (χ4n) is 0.948. The van der Waals surface area contributed by atoms with Crippen LogP contribution >= 0.6 is 0 Å². The smallest absolute Gasteiger partial charge is 0.317 e. The minimum atomic E-state index is -0.405. The Hall–Kier alpha value is -1.62. The Morgan fingerprint density at radius 3 is 3.00 bits per heavy atom. The van der Waals surface area contributed by atoms with Crippen molar-refractivity contribution in [2.24, 2.45) is 5.73 Å². The summed E-state index contributed by atoms with van der Waals surface area (Å²) in [6.07, 6.45) is 1.28. The van der Waals surface area contributed by atoms with Crippen LogP contribution in [0.1, 0.15) is 17.4 Å². The van der Waals surface area contributed by atoms with Crippen LogP contribution in [0.3, 0.4) is 0 Å². The molecule has 0 saturated heterocycles. The maximum Gasteiger partial charge on any atom is 0.317 e. The minimum Gasteiger partial charge on any atom is -0.618 e. The SMILES string of the molecule is CC(N)CNC(=O)c1cccc[n+]1[O-]. The number of rotatable bonds is 3. The van der Waals surface area contributed by atoms with E-state index in [1.165, 1.54) is 12.3 Å². The van der Waals surface area contributed by atoms with Gasteiger partial charge in [0.25, 0.3) is 5.69 Å².